The number of para-hydroxylation sites is 1. The summed E-state index contributed by atoms with van der Waals surface area (Å²) in [5, 5.41) is 7.79. The number of nitrogens with zero attached hydrogens (tertiary/aromatic N) is 3. The summed E-state index contributed by atoms with van der Waals surface area (Å²) >= 11 is 0. The number of allylic oxidation sites excluding steroid dienone is 2. The van der Waals surface area contributed by atoms with Crippen molar-refractivity contribution in [1.82, 2.24) is 14.8 Å². The van der Waals surface area contributed by atoms with Gasteiger partial charge in [-0.2, -0.15) is 10.1 Å². The number of Topliss-reactive ketones (excluding diaryl/α,β-unsaturated/α-hetero) is 1. The summed E-state index contributed by atoms with van der Waals surface area (Å²) in [5.41, 5.74) is 3.64. The number of ketones is 1. The third-order valence-corrected chi connectivity index (χ3v) is 5.72. The van der Waals surface area contributed by atoms with Crippen LogP contribution in [0.4, 0.5) is 5.95 Å². The molecule has 2 aliphatic rings. The monoisotopic (exact) mass is 400 g/mol. The Morgan fingerprint density at radius 3 is 2.70 bits per heavy atom. The van der Waals surface area contributed by atoms with E-state index in [-0.39, 0.29) is 17.2 Å². The first-order valence-corrected chi connectivity index (χ1v) is 10.2. The van der Waals surface area contributed by atoms with Crippen molar-refractivity contribution in [2.45, 2.75) is 39.3 Å². The summed E-state index contributed by atoms with van der Waals surface area (Å²) in [4.78, 5) is 17.6. The minimum atomic E-state index is -0.352. The van der Waals surface area contributed by atoms with Crippen LogP contribution >= 0.6 is 0 Å². The highest BCUT2D eigenvalue weighted by Crippen LogP contribution is 2.46. The van der Waals surface area contributed by atoms with Gasteiger partial charge in [-0.05, 0) is 23.5 Å². The standard InChI is InChI=1S/C24H24N4O2/c1-24(2)12-18-21(19(29)13-24)22(28-23(27-18)25-15-26-28)17-10-6-7-11-20(17)30-14-16-8-4-3-5-9-16/h3-11,15,22H,12-14H2,1-2H3,(H,25,26,27). The van der Waals surface area contributed by atoms with E-state index in [2.05, 4.69) is 29.2 Å². The van der Waals surface area contributed by atoms with Crippen LogP contribution in [0.3, 0.4) is 0 Å². The van der Waals surface area contributed by atoms with Crippen molar-refractivity contribution in [3.8, 4) is 5.75 Å². The molecule has 30 heavy (non-hydrogen) atoms. The lowest BCUT2D eigenvalue weighted by Gasteiger charge is -2.38. The first-order chi connectivity index (χ1) is 14.5. The van der Waals surface area contributed by atoms with Crippen LogP contribution in [0.5, 0.6) is 5.75 Å². The van der Waals surface area contributed by atoms with Crippen molar-refractivity contribution in [1.29, 1.82) is 0 Å². The van der Waals surface area contributed by atoms with Crippen molar-refractivity contribution < 1.29 is 9.53 Å². The Bertz CT molecular complexity index is 1130. The molecule has 0 bridgehead atoms. The molecule has 152 valence electrons. The van der Waals surface area contributed by atoms with Gasteiger partial charge in [-0.1, -0.05) is 62.4 Å². The molecule has 1 aromatic heterocycles. The largest absolute Gasteiger partial charge is 0.489 e. The molecule has 5 rings (SSSR count). The van der Waals surface area contributed by atoms with Crippen molar-refractivity contribution in [2.75, 3.05) is 5.32 Å². The van der Waals surface area contributed by atoms with Gasteiger partial charge in [0.1, 0.15) is 24.7 Å². The second kappa shape index (κ2) is 7.13. The van der Waals surface area contributed by atoms with Crippen LogP contribution in [-0.4, -0.2) is 20.5 Å². The molecule has 2 heterocycles. The smallest absolute Gasteiger partial charge is 0.226 e. The average molecular weight is 400 g/mol. The maximum atomic E-state index is 13.2. The van der Waals surface area contributed by atoms with Crippen molar-refractivity contribution in [3.05, 3.63) is 83.3 Å². The van der Waals surface area contributed by atoms with Gasteiger partial charge in [0.05, 0.1) is 0 Å². The van der Waals surface area contributed by atoms with E-state index in [0.717, 1.165) is 34.6 Å². The zero-order valence-corrected chi connectivity index (χ0v) is 17.1. The lowest BCUT2D eigenvalue weighted by atomic mass is 9.73. The molecule has 0 radical (unpaired) electrons. The number of anilines is 1. The molecule has 1 aliphatic carbocycles. The van der Waals surface area contributed by atoms with Crippen molar-refractivity contribution in [3.63, 3.8) is 0 Å². The molecule has 2 aromatic carbocycles. The molecule has 1 aliphatic heterocycles. The molecule has 0 saturated carbocycles. The van der Waals surface area contributed by atoms with Gasteiger partial charge in [0.2, 0.25) is 5.95 Å². The van der Waals surface area contributed by atoms with Crippen LogP contribution in [0.1, 0.15) is 43.9 Å². The van der Waals surface area contributed by atoms with Gasteiger partial charge in [0.25, 0.3) is 0 Å². The first kappa shape index (κ1) is 18.6. The van der Waals surface area contributed by atoms with E-state index < -0.39 is 0 Å². The Hall–Kier alpha value is -3.41. The highest BCUT2D eigenvalue weighted by Gasteiger charge is 2.42. The Morgan fingerprint density at radius 1 is 1.10 bits per heavy atom. The number of hydrogen-bond donors (Lipinski definition) is 1. The Morgan fingerprint density at radius 2 is 1.87 bits per heavy atom. The number of rotatable bonds is 4. The van der Waals surface area contributed by atoms with Gasteiger partial charge >= 0.3 is 0 Å². The second-order valence-corrected chi connectivity index (χ2v) is 8.70. The fourth-order valence-electron chi connectivity index (χ4n) is 4.41. The Kier molecular flexibility index (Phi) is 4.42. The normalized spacial score (nSPS) is 19.7. The molecular weight excluding hydrogens is 376 g/mol. The molecule has 6 heteroatoms. The van der Waals surface area contributed by atoms with E-state index in [1.54, 1.807) is 4.68 Å². The number of nitrogens with one attached hydrogen (secondary N) is 1. The third kappa shape index (κ3) is 3.28. The quantitative estimate of drug-likeness (QED) is 0.698. The lowest BCUT2D eigenvalue weighted by Crippen LogP contribution is -2.36. The minimum Gasteiger partial charge on any atom is -0.489 e. The van der Waals surface area contributed by atoms with Crippen LogP contribution in [0.25, 0.3) is 0 Å². The molecule has 1 unspecified atom stereocenters. The number of hydrogen-bond acceptors (Lipinski definition) is 5. The minimum absolute atomic E-state index is 0.0843. The van der Waals surface area contributed by atoms with Gasteiger partial charge in [-0.25, -0.2) is 4.68 Å². The van der Waals surface area contributed by atoms with Gasteiger partial charge < -0.3 is 10.1 Å². The summed E-state index contributed by atoms with van der Waals surface area (Å²) < 4.78 is 8.00. The highest BCUT2D eigenvalue weighted by molar-refractivity contribution is 6.00. The molecule has 1 atom stereocenters. The lowest BCUT2D eigenvalue weighted by molar-refractivity contribution is -0.118. The van der Waals surface area contributed by atoms with Crippen LogP contribution in [0.2, 0.25) is 0 Å². The van der Waals surface area contributed by atoms with Gasteiger partial charge in [0.15, 0.2) is 5.78 Å². The van der Waals surface area contributed by atoms with Gasteiger partial charge in [-0.3, -0.25) is 4.79 Å². The van der Waals surface area contributed by atoms with Crippen molar-refractivity contribution >= 4 is 11.7 Å². The van der Waals surface area contributed by atoms with Crippen LogP contribution in [0, 0.1) is 5.41 Å². The van der Waals surface area contributed by atoms with E-state index in [9.17, 15) is 4.79 Å². The summed E-state index contributed by atoms with van der Waals surface area (Å²) in [6.45, 7) is 4.71. The summed E-state index contributed by atoms with van der Waals surface area (Å²) in [6.07, 6.45) is 2.84. The van der Waals surface area contributed by atoms with Crippen molar-refractivity contribution in [2.24, 2.45) is 5.41 Å². The van der Waals surface area contributed by atoms with Gasteiger partial charge in [-0.15, -0.1) is 0 Å². The number of carbonyl (C=O) groups excluding carboxylic acids is 1. The molecule has 3 aromatic rings. The Labute approximate surface area is 175 Å². The zero-order valence-electron chi connectivity index (χ0n) is 17.1. The van der Waals surface area contributed by atoms with Crippen LogP contribution in [-0.2, 0) is 11.4 Å². The molecular formula is C24H24N4O2. The molecule has 0 spiro atoms. The third-order valence-electron chi connectivity index (χ3n) is 5.72. The number of fused-ring (bicyclic) bond motifs is 1. The molecule has 0 saturated heterocycles. The van der Waals surface area contributed by atoms with Crippen LogP contribution in [0.15, 0.2) is 72.2 Å². The molecule has 1 N–H and O–H groups in total. The second-order valence-electron chi connectivity index (χ2n) is 8.70. The fourth-order valence-corrected chi connectivity index (χ4v) is 4.41. The van der Waals surface area contributed by atoms with E-state index in [1.165, 1.54) is 6.33 Å². The SMILES string of the molecule is CC1(C)CC(=O)C2=C(C1)Nc1ncnn1C2c1ccccc1OCc1ccccc1. The number of ether oxygens (including phenoxy) is 1. The Balaban J connectivity index is 1.58. The maximum absolute atomic E-state index is 13.2. The predicted octanol–water partition coefficient (Wildman–Crippen LogP) is 4.52. The molecule has 0 amide bonds. The van der Waals surface area contributed by atoms with Gasteiger partial charge in [0, 0.05) is 23.3 Å². The number of benzene rings is 2. The summed E-state index contributed by atoms with van der Waals surface area (Å²) in [5.74, 6) is 1.55. The fraction of sp³-hybridized carbons (Fsp3) is 0.292. The topological polar surface area (TPSA) is 69.0 Å². The van der Waals surface area contributed by atoms with E-state index in [0.29, 0.717) is 19.0 Å². The number of carbonyl (C=O) groups is 1. The summed E-state index contributed by atoms with van der Waals surface area (Å²) in [7, 11) is 0. The first-order valence-electron chi connectivity index (χ1n) is 10.2. The number of aromatic nitrogens is 3. The van der Waals surface area contributed by atoms with E-state index in [1.807, 2.05) is 54.6 Å². The molecule has 0 fully saturated rings. The van der Waals surface area contributed by atoms with E-state index in [4.69, 9.17) is 4.74 Å². The average Bonchev–Trinajstić information content (AvgIpc) is 3.19. The van der Waals surface area contributed by atoms with Crippen LogP contribution < -0.4 is 10.1 Å². The zero-order chi connectivity index (χ0) is 20.7. The summed E-state index contributed by atoms with van der Waals surface area (Å²) in [6, 6.07) is 17.6. The molecule has 6 nitrogen and oxygen atoms in total. The van der Waals surface area contributed by atoms with E-state index >= 15 is 0 Å². The predicted molar refractivity (Wildman–Crippen MR) is 114 cm³/mol. The maximum Gasteiger partial charge on any atom is 0.226 e. The highest BCUT2D eigenvalue weighted by atomic mass is 16.5.